The molecule has 0 aromatic heterocycles. The van der Waals surface area contributed by atoms with Crippen molar-refractivity contribution in [2.45, 2.75) is 33.2 Å². The molecule has 2 aromatic carbocycles. The Morgan fingerprint density at radius 3 is 2.20 bits per heavy atom. The van der Waals surface area contributed by atoms with Crippen LogP contribution in [-0.2, 0) is 4.79 Å². The fourth-order valence-corrected chi connectivity index (χ4v) is 3.58. The number of nitriles is 1. The van der Waals surface area contributed by atoms with Crippen molar-refractivity contribution in [3.63, 3.8) is 0 Å². The molecule has 0 spiro atoms. The summed E-state index contributed by atoms with van der Waals surface area (Å²) in [5.74, 6) is -0.0813. The van der Waals surface area contributed by atoms with Crippen LogP contribution in [0.2, 0.25) is 0 Å². The Balaban J connectivity index is 2.07. The maximum absolute atomic E-state index is 13.1. The van der Waals surface area contributed by atoms with E-state index in [1.165, 1.54) is 0 Å². The monoisotopic (exact) mass is 349 g/mol. The Morgan fingerprint density at radius 1 is 1.04 bits per heavy atom. The van der Waals surface area contributed by atoms with E-state index < -0.39 is 5.54 Å². The van der Waals surface area contributed by atoms with Crippen molar-refractivity contribution in [3.8, 4) is 6.07 Å². The van der Waals surface area contributed by atoms with E-state index in [-0.39, 0.29) is 5.91 Å². The van der Waals surface area contributed by atoms with E-state index in [9.17, 15) is 4.79 Å². The van der Waals surface area contributed by atoms with E-state index in [1.54, 1.807) is 17.0 Å². The van der Waals surface area contributed by atoms with Crippen LogP contribution in [0.3, 0.4) is 0 Å². The third kappa shape index (κ3) is 2.69. The fraction of sp³-hybridized carbons (Fsp3) is 0.250. The van der Waals surface area contributed by atoms with Crippen molar-refractivity contribution in [2.24, 2.45) is 0 Å². The largest absolute Gasteiger partial charge is 0.304 e. The number of thiocarbonyl (C=S) groups is 1. The van der Waals surface area contributed by atoms with Crippen molar-refractivity contribution in [2.75, 3.05) is 9.80 Å². The van der Waals surface area contributed by atoms with Gasteiger partial charge in [0.15, 0.2) is 5.11 Å². The number of hydrogen-bond donors (Lipinski definition) is 0. The molecule has 0 atom stereocenters. The Labute approximate surface area is 153 Å². The van der Waals surface area contributed by atoms with Crippen LogP contribution in [0.25, 0.3) is 0 Å². The van der Waals surface area contributed by atoms with E-state index in [1.807, 2.05) is 62.9 Å². The number of benzene rings is 2. The van der Waals surface area contributed by atoms with Crippen LogP contribution >= 0.6 is 12.2 Å². The standard InChI is InChI=1S/C20H19N3OS/c1-13-5-8-16(9-6-13)23-19(25)22(18(24)20(23,3)4)17-10-7-15(12-21)14(2)11-17/h5-11H,1-4H3. The van der Waals surface area contributed by atoms with Gasteiger partial charge in [-0.15, -0.1) is 0 Å². The van der Waals surface area contributed by atoms with Crippen LogP contribution in [0, 0.1) is 25.2 Å². The zero-order valence-electron chi connectivity index (χ0n) is 14.7. The molecule has 4 nitrogen and oxygen atoms in total. The Kier molecular flexibility index (Phi) is 4.09. The highest BCUT2D eigenvalue weighted by molar-refractivity contribution is 7.81. The second-order valence-electron chi connectivity index (χ2n) is 6.76. The first-order chi connectivity index (χ1) is 11.8. The van der Waals surface area contributed by atoms with Gasteiger partial charge in [-0.25, -0.2) is 0 Å². The van der Waals surface area contributed by atoms with E-state index in [0.717, 1.165) is 16.8 Å². The predicted molar refractivity (Wildman–Crippen MR) is 104 cm³/mol. The summed E-state index contributed by atoms with van der Waals surface area (Å²) in [6.45, 7) is 7.62. The van der Waals surface area contributed by atoms with Crippen LogP contribution in [0.5, 0.6) is 0 Å². The van der Waals surface area contributed by atoms with Crippen LogP contribution in [-0.4, -0.2) is 16.6 Å². The Bertz CT molecular complexity index is 910. The molecular formula is C20H19N3OS. The zero-order chi connectivity index (χ0) is 18.4. The minimum atomic E-state index is -0.784. The lowest BCUT2D eigenvalue weighted by Gasteiger charge is -2.29. The smallest absolute Gasteiger partial charge is 0.259 e. The summed E-state index contributed by atoms with van der Waals surface area (Å²) < 4.78 is 0. The molecule has 0 aliphatic carbocycles. The number of hydrogen-bond acceptors (Lipinski definition) is 3. The van der Waals surface area contributed by atoms with E-state index >= 15 is 0 Å². The average molecular weight is 349 g/mol. The van der Waals surface area contributed by atoms with Crippen molar-refractivity contribution in [1.29, 1.82) is 5.26 Å². The first-order valence-electron chi connectivity index (χ1n) is 8.03. The van der Waals surface area contributed by atoms with Gasteiger partial charge >= 0.3 is 0 Å². The molecule has 0 bridgehead atoms. The van der Waals surface area contributed by atoms with E-state index in [0.29, 0.717) is 16.4 Å². The van der Waals surface area contributed by atoms with Crippen molar-refractivity contribution in [1.82, 2.24) is 0 Å². The summed E-state index contributed by atoms with van der Waals surface area (Å²) in [4.78, 5) is 16.5. The van der Waals surface area contributed by atoms with E-state index in [2.05, 4.69) is 6.07 Å². The molecule has 3 rings (SSSR count). The third-order valence-corrected chi connectivity index (χ3v) is 4.91. The summed E-state index contributed by atoms with van der Waals surface area (Å²) in [6, 6.07) is 15.4. The normalized spacial score (nSPS) is 16.3. The zero-order valence-corrected chi connectivity index (χ0v) is 15.5. The van der Waals surface area contributed by atoms with Crippen molar-refractivity contribution < 1.29 is 4.79 Å². The first-order valence-corrected chi connectivity index (χ1v) is 8.44. The molecule has 2 aromatic rings. The second-order valence-corrected chi connectivity index (χ2v) is 7.13. The van der Waals surface area contributed by atoms with Gasteiger partial charge < -0.3 is 4.90 Å². The van der Waals surface area contributed by atoms with Crippen molar-refractivity contribution in [3.05, 3.63) is 59.2 Å². The Morgan fingerprint density at radius 2 is 1.64 bits per heavy atom. The maximum atomic E-state index is 13.1. The molecule has 1 saturated heterocycles. The van der Waals surface area contributed by atoms with Gasteiger partial charge in [0, 0.05) is 5.69 Å². The number of aryl methyl sites for hydroxylation is 2. The molecule has 1 aliphatic rings. The molecule has 5 heteroatoms. The molecule has 126 valence electrons. The van der Waals surface area contributed by atoms with Gasteiger partial charge in [-0.3, -0.25) is 9.69 Å². The molecule has 1 amide bonds. The van der Waals surface area contributed by atoms with Gasteiger partial charge in [-0.2, -0.15) is 5.26 Å². The SMILES string of the molecule is Cc1ccc(N2C(=S)N(c3ccc(C#N)c(C)c3)C(=O)C2(C)C)cc1. The summed E-state index contributed by atoms with van der Waals surface area (Å²) in [6.07, 6.45) is 0. The molecule has 0 unspecified atom stereocenters. The number of carbonyl (C=O) groups excluding carboxylic acids is 1. The molecule has 1 aliphatic heterocycles. The third-order valence-electron chi connectivity index (χ3n) is 4.55. The minimum absolute atomic E-state index is 0.0813. The molecule has 1 heterocycles. The highest BCUT2D eigenvalue weighted by Gasteiger charge is 2.50. The lowest BCUT2D eigenvalue weighted by atomic mass is 10.0. The highest BCUT2D eigenvalue weighted by Crippen LogP contribution is 2.36. The van der Waals surface area contributed by atoms with Crippen LogP contribution in [0.4, 0.5) is 11.4 Å². The second kappa shape index (κ2) is 5.98. The molecular weight excluding hydrogens is 330 g/mol. The summed E-state index contributed by atoms with van der Waals surface area (Å²) in [5.41, 5.74) is 3.36. The molecule has 0 N–H and O–H groups in total. The average Bonchev–Trinajstić information content (AvgIpc) is 2.74. The molecule has 25 heavy (non-hydrogen) atoms. The topological polar surface area (TPSA) is 47.3 Å². The number of amides is 1. The molecule has 1 fully saturated rings. The number of anilines is 2. The van der Waals surface area contributed by atoms with Crippen LogP contribution < -0.4 is 9.80 Å². The predicted octanol–water partition coefficient (Wildman–Crippen LogP) is 4.09. The summed E-state index contributed by atoms with van der Waals surface area (Å²) >= 11 is 5.66. The number of rotatable bonds is 2. The van der Waals surface area contributed by atoms with Crippen LogP contribution in [0.1, 0.15) is 30.5 Å². The van der Waals surface area contributed by atoms with Crippen molar-refractivity contribution >= 4 is 34.6 Å². The summed E-state index contributed by atoms with van der Waals surface area (Å²) in [7, 11) is 0. The van der Waals surface area contributed by atoms with Gasteiger partial charge in [0.05, 0.1) is 17.3 Å². The van der Waals surface area contributed by atoms with Gasteiger partial charge in [0.25, 0.3) is 5.91 Å². The Hall–Kier alpha value is -2.71. The van der Waals surface area contributed by atoms with Crippen LogP contribution in [0.15, 0.2) is 42.5 Å². The lowest BCUT2D eigenvalue weighted by Crippen LogP contribution is -2.44. The van der Waals surface area contributed by atoms with Gasteiger partial charge in [0.2, 0.25) is 0 Å². The number of carbonyl (C=O) groups is 1. The van der Waals surface area contributed by atoms with Gasteiger partial charge in [0.1, 0.15) is 5.54 Å². The quantitative estimate of drug-likeness (QED) is 0.766. The fourth-order valence-electron chi connectivity index (χ4n) is 3.06. The number of nitrogens with zero attached hydrogens (tertiary/aromatic N) is 3. The summed E-state index contributed by atoms with van der Waals surface area (Å²) in [5, 5.41) is 9.56. The highest BCUT2D eigenvalue weighted by atomic mass is 32.1. The first kappa shape index (κ1) is 17.1. The maximum Gasteiger partial charge on any atom is 0.259 e. The van der Waals surface area contributed by atoms with Gasteiger partial charge in [-0.05, 0) is 75.8 Å². The molecule has 0 radical (unpaired) electrons. The van der Waals surface area contributed by atoms with E-state index in [4.69, 9.17) is 17.5 Å². The lowest BCUT2D eigenvalue weighted by molar-refractivity contribution is -0.120. The molecule has 0 saturated carbocycles. The van der Waals surface area contributed by atoms with Gasteiger partial charge in [-0.1, -0.05) is 17.7 Å². The minimum Gasteiger partial charge on any atom is -0.304 e.